The van der Waals surface area contributed by atoms with E-state index in [1.54, 1.807) is 0 Å². The van der Waals surface area contributed by atoms with Crippen molar-refractivity contribution in [2.45, 2.75) is 129 Å². The van der Waals surface area contributed by atoms with Crippen LogP contribution in [0.3, 0.4) is 0 Å². The number of benzene rings is 1. The van der Waals surface area contributed by atoms with Crippen molar-refractivity contribution in [1.82, 2.24) is 0 Å². The highest BCUT2D eigenvalue weighted by atomic mass is 16.3. The Morgan fingerprint density at radius 1 is 0.707 bits per heavy atom. The van der Waals surface area contributed by atoms with E-state index in [1.165, 1.54) is 61.6 Å². The van der Waals surface area contributed by atoms with Crippen LogP contribution in [0.25, 0.3) is 0 Å². The van der Waals surface area contributed by atoms with Crippen LogP contribution in [-0.2, 0) is 11.2 Å². The number of phenols is 1. The van der Waals surface area contributed by atoms with Gasteiger partial charge in [-0.2, -0.15) is 0 Å². The first-order valence-corrected chi connectivity index (χ1v) is 17.0. The molecule has 0 heterocycles. The summed E-state index contributed by atoms with van der Waals surface area (Å²) in [6.07, 6.45) is 17.5. The molecule has 0 aromatic heterocycles. The number of fused-ring (bicyclic) bond motifs is 10. The third-order valence-corrected chi connectivity index (χ3v) is 14.6. The fourth-order valence-corrected chi connectivity index (χ4v) is 12.1. The van der Waals surface area contributed by atoms with E-state index in [4.69, 9.17) is 0 Å². The number of aliphatic hydroxyl groups is 2. The molecule has 4 heteroatoms. The maximum atomic E-state index is 11.8. The molecule has 7 aliphatic carbocycles. The molecule has 0 amide bonds. The minimum atomic E-state index is -0.0883. The quantitative estimate of drug-likeness (QED) is 0.307. The number of phenolic OH excluding ortho intramolecular Hbond substituents is 1. The third-order valence-electron chi connectivity index (χ3n) is 14.6. The first kappa shape index (κ1) is 28.1. The third kappa shape index (κ3) is 4.24. The second-order valence-electron chi connectivity index (χ2n) is 16.0. The summed E-state index contributed by atoms with van der Waals surface area (Å²) < 4.78 is 0. The molecule has 0 unspecified atom stereocenters. The van der Waals surface area contributed by atoms with Gasteiger partial charge in [0.1, 0.15) is 5.75 Å². The molecular weight excluding hydrogens is 508 g/mol. The first-order valence-electron chi connectivity index (χ1n) is 17.0. The Balaban J connectivity index is 0.000000135. The number of ketones is 1. The Bertz CT molecular complexity index is 1240. The summed E-state index contributed by atoms with van der Waals surface area (Å²) in [6.45, 7) is 7.08. The van der Waals surface area contributed by atoms with Crippen molar-refractivity contribution in [2.24, 2.45) is 45.8 Å². The van der Waals surface area contributed by atoms with Crippen LogP contribution in [0, 0.1) is 45.8 Å². The summed E-state index contributed by atoms with van der Waals surface area (Å²) in [4.78, 5) is 11.8. The Labute approximate surface area is 247 Å². The van der Waals surface area contributed by atoms with Gasteiger partial charge in [-0.3, -0.25) is 4.79 Å². The zero-order valence-electron chi connectivity index (χ0n) is 25.6. The van der Waals surface area contributed by atoms with Gasteiger partial charge in [-0.25, -0.2) is 0 Å². The molecule has 11 atom stereocenters. The predicted molar refractivity (Wildman–Crippen MR) is 161 cm³/mol. The van der Waals surface area contributed by atoms with Crippen molar-refractivity contribution in [2.75, 3.05) is 0 Å². The average molecular weight is 561 g/mol. The summed E-state index contributed by atoms with van der Waals surface area (Å²) in [5.41, 5.74) is 4.88. The lowest BCUT2D eigenvalue weighted by Crippen LogP contribution is -2.51. The fourth-order valence-electron chi connectivity index (χ4n) is 12.1. The Morgan fingerprint density at radius 3 is 2.10 bits per heavy atom. The van der Waals surface area contributed by atoms with E-state index in [9.17, 15) is 20.1 Å². The van der Waals surface area contributed by atoms with E-state index in [1.807, 2.05) is 18.2 Å². The molecule has 224 valence electrons. The van der Waals surface area contributed by atoms with Crippen LogP contribution in [0.4, 0.5) is 0 Å². The van der Waals surface area contributed by atoms with Crippen LogP contribution >= 0.6 is 0 Å². The molecule has 3 N–H and O–H groups in total. The van der Waals surface area contributed by atoms with Crippen LogP contribution in [-0.4, -0.2) is 33.3 Å². The van der Waals surface area contributed by atoms with Crippen LogP contribution in [0.2, 0.25) is 0 Å². The van der Waals surface area contributed by atoms with Crippen LogP contribution in [0.5, 0.6) is 5.75 Å². The number of carbonyl (C=O) groups excluding carboxylic acids is 1. The first-order chi connectivity index (χ1) is 19.5. The van der Waals surface area contributed by atoms with E-state index in [2.05, 4.69) is 26.8 Å². The molecule has 5 fully saturated rings. The number of carbonyl (C=O) groups is 1. The minimum Gasteiger partial charge on any atom is -0.508 e. The SMILES string of the molecule is C[C@]12CC[C@@H]3c4ccc(O)cc4CC[C@H]3[C@@H]1CC[C@@H]2O.C[C@]12CC[C@H]3[C@@H](CCC4=CC(=O)CC[C@@]43C)[C@@H]1CC[C@@H]2O. The maximum absolute atomic E-state index is 11.8. The number of aryl methyl sites for hydroxylation is 1. The van der Waals surface area contributed by atoms with E-state index in [-0.39, 0.29) is 28.5 Å². The Morgan fingerprint density at radius 2 is 1.37 bits per heavy atom. The van der Waals surface area contributed by atoms with Gasteiger partial charge in [-0.1, -0.05) is 32.4 Å². The Hall–Kier alpha value is -1.65. The second-order valence-corrected chi connectivity index (χ2v) is 16.0. The molecular formula is C37H52O4. The summed E-state index contributed by atoms with van der Waals surface area (Å²) >= 11 is 0. The lowest BCUT2D eigenvalue weighted by atomic mass is 9.47. The summed E-state index contributed by atoms with van der Waals surface area (Å²) in [5, 5.41) is 30.5. The number of hydrogen-bond acceptors (Lipinski definition) is 4. The van der Waals surface area contributed by atoms with Gasteiger partial charge in [0.25, 0.3) is 0 Å². The van der Waals surface area contributed by atoms with Crippen molar-refractivity contribution >= 4 is 5.78 Å². The summed E-state index contributed by atoms with van der Waals surface area (Å²) in [5.74, 6) is 5.06. The van der Waals surface area contributed by atoms with Crippen LogP contribution in [0.15, 0.2) is 29.8 Å². The average Bonchev–Trinajstić information content (AvgIpc) is 3.43. The molecule has 1 aromatic carbocycles. The molecule has 0 spiro atoms. The van der Waals surface area contributed by atoms with Crippen molar-refractivity contribution in [3.05, 3.63) is 41.0 Å². The van der Waals surface area contributed by atoms with Crippen molar-refractivity contribution in [3.8, 4) is 5.75 Å². The van der Waals surface area contributed by atoms with Crippen molar-refractivity contribution < 1.29 is 20.1 Å². The van der Waals surface area contributed by atoms with Gasteiger partial charge in [0, 0.05) is 6.42 Å². The molecule has 41 heavy (non-hydrogen) atoms. The van der Waals surface area contributed by atoms with Crippen molar-refractivity contribution in [3.63, 3.8) is 0 Å². The zero-order chi connectivity index (χ0) is 28.7. The molecule has 8 rings (SSSR count). The van der Waals surface area contributed by atoms with E-state index >= 15 is 0 Å². The highest BCUT2D eigenvalue weighted by molar-refractivity contribution is 5.91. The van der Waals surface area contributed by atoms with Crippen LogP contribution < -0.4 is 0 Å². The molecule has 7 aliphatic rings. The molecule has 0 radical (unpaired) electrons. The number of allylic oxidation sites excluding steroid dienone is 1. The highest BCUT2D eigenvalue weighted by Crippen LogP contribution is 2.65. The maximum Gasteiger partial charge on any atom is 0.155 e. The number of aromatic hydroxyl groups is 1. The number of rotatable bonds is 0. The van der Waals surface area contributed by atoms with E-state index < -0.39 is 0 Å². The summed E-state index contributed by atoms with van der Waals surface area (Å²) in [6, 6.07) is 5.96. The predicted octanol–water partition coefficient (Wildman–Crippen LogP) is 7.49. The largest absolute Gasteiger partial charge is 0.508 e. The molecule has 1 aromatic rings. The molecule has 0 saturated heterocycles. The van der Waals surface area contributed by atoms with Gasteiger partial charge in [-0.15, -0.1) is 0 Å². The zero-order valence-corrected chi connectivity index (χ0v) is 25.6. The van der Waals surface area contributed by atoms with E-state index in [0.29, 0.717) is 29.3 Å². The van der Waals surface area contributed by atoms with Gasteiger partial charge in [-0.05, 0) is 165 Å². The highest BCUT2D eigenvalue weighted by Gasteiger charge is 2.59. The number of hydrogen-bond donors (Lipinski definition) is 3. The number of aliphatic hydroxyl groups excluding tert-OH is 2. The molecule has 5 saturated carbocycles. The van der Waals surface area contributed by atoms with E-state index in [0.717, 1.165) is 62.7 Å². The minimum absolute atomic E-state index is 0.0823. The summed E-state index contributed by atoms with van der Waals surface area (Å²) in [7, 11) is 0. The van der Waals surface area contributed by atoms with Gasteiger partial charge in [0.05, 0.1) is 12.2 Å². The normalized spacial score (nSPS) is 47.8. The lowest BCUT2D eigenvalue weighted by molar-refractivity contribution is -0.118. The molecule has 4 nitrogen and oxygen atoms in total. The molecule has 0 aliphatic heterocycles. The van der Waals surface area contributed by atoms with Gasteiger partial charge in [0.2, 0.25) is 0 Å². The monoisotopic (exact) mass is 560 g/mol. The Kier molecular flexibility index (Phi) is 6.82. The van der Waals surface area contributed by atoms with Crippen molar-refractivity contribution in [1.29, 1.82) is 0 Å². The van der Waals surface area contributed by atoms with Crippen LogP contribution in [0.1, 0.15) is 121 Å². The second kappa shape index (κ2) is 9.94. The van der Waals surface area contributed by atoms with Gasteiger partial charge >= 0.3 is 0 Å². The smallest absolute Gasteiger partial charge is 0.155 e. The lowest BCUT2D eigenvalue weighted by Gasteiger charge is -2.57. The molecule has 0 bridgehead atoms. The van der Waals surface area contributed by atoms with Gasteiger partial charge in [0.15, 0.2) is 5.78 Å². The topological polar surface area (TPSA) is 77.8 Å². The standard InChI is InChI=1S/C19H28O2.C18H24O2/c1-18-9-7-13(20)11-12(18)3-4-14-15-5-6-17(21)19(15,2)10-8-16(14)18;1-18-9-8-14-13-5-3-12(19)10-11(13)2-4-15(14)16(18)6-7-17(18)20/h11,14-17,21H,3-10H2,1-2H3;3,5,10,14-17,19-20H,2,4,6-9H2,1H3/t14-,15-,16-,17-,18-,19-;14-,15-,16+,17+,18+/m01/s1. The van der Waals surface area contributed by atoms with Gasteiger partial charge < -0.3 is 15.3 Å². The fraction of sp³-hybridized carbons (Fsp3) is 0.757.